The Bertz CT molecular complexity index is 592. The number of fused-ring (bicyclic) bond motifs is 1. The zero-order chi connectivity index (χ0) is 11.8. The topological polar surface area (TPSA) is 32.9 Å². The summed E-state index contributed by atoms with van der Waals surface area (Å²) in [5.74, 6) is 0.984. The van der Waals surface area contributed by atoms with Gasteiger partial charge in [0.25, 0.3) is 0 Å². The monoisotopic (exact) mass is 247 g/mol. The molecule has 0 atom stereocenters. The lowest BCUT2D eigenvalue weighted by molar-refractivity contribution is 0.668. The van der Waals surface area contributed by atoms with Crippen molar-refractivity contribution in [2.24, 2.45) is 5.92 Å². The summed E-state index contributed by atoms with van der Waals surface area (Å²) in [7, 11) is 0. The van der Waals surface area contributed by atoms with Gasteiger partial charge in [0.05, 0.1) is 10.2 Å². The SMILES string of the molecule is Cc1csc2c(CCCC3CC3)cc(=O)[nH]c12. The van der Waals surface area contributed by atoms with Crippen LogP contribution in [0.5, 0.6) is 0 Å². The number of aromatic nitrogens is 1. The van der Waals surface area contributed by atoms with Gasteiger partial charge >= 0.3 is 0 Å². The summed E-state index contributed by atoms with van der Waals surface area (Å²) in [5, 5.41) is 2.13. The molecule has 2 heterocycles. The molecule has 2 nitrogen and oxygen atoms in total. The third-order valence-electron chi connectivity index (χ3n) is 3.58. The van der Waals surface area contributed by atoms with Gasteiger partial charge in [0.15, 0.2) is 0 Å². The molecule has 2 aromatic heterocycles. The van der Waals surface area contributed by atoms with Crippen LogP contribution in [0.1, 0.15) is 36.8 Å². The fourth-order valence-electron chi connectivity index (χ4n) is 2.39. The highest BCUT2D eigenvalue weighted by Crippen LogP contribution is 2.34. The minimum absolute atomic E-state index is 0.0421. The molecule has 2 aromatic rings. The Kier molecular flexibility index (Phi) is 2.79. The number of H-pyrrole nitrogens is 1. The molecular formula is C14H17NOS. The third kappa shape index (κ3) is 2.29. The van der Waals surface area contributed by atoms with Crippen molar-refractivity contribution in [2.45, 2.75) is 39.0 Å². The van der Waals surface area contributed by atoms with Crippen LogP contribution in [0.4, 0.5) is 0 Å². The fourth-order valence-corrected chi connectivity index (χ4v) is 3.45. The van der Waals surface area contributed by atoms with Crippen LogP contribution in [-0.2, 0) is 6.42 Å². The summed E-state index contributed by atoms with van der Waals surface area (Å²) in [5.41, 5.74) is 3.51. The van der Waals surface area contributed by atoms with E-state index in [2.05, 4.69) is 17.3 Å². The van der Waals surface area contributed by atoms with Gasteiger partial charge in [-0.15, -0.1) is 11.3 Å². The molecule has 0 unspecified atom stereocenters. The Morgan fingerprint density at radius 1 is 1.47 bits per heavy atom. The summed E-state index contributed by atoms with van der Waals surface area (Å²) >= 11 is 1.75. The van der Waals surface area contributed by atoms with Crippen molar-refractivity contribution >= 4 is 21.6 Å². The molecule has 0 radical (unpaired) electrons. The Hall–Kier alpha value is -1.09. The summed E-state index contributed by atoms with van der Waals surface area (Å²) in [6.07, 6.45) is 6.45. The summed E-state index contributed by atoms with van der Waals surface area (Å²) in [6, 6.07) is 1.78. The van der Waals surface area contributed by atoms with E-state index in [1.165, 1.54) is 41.5 Å². The van der Waals surface area contributed by atoms with Gasteiger partial charge in [0.2, 0.25) is 5.56 Å². The first-order valence-electron chi connectivity index (χ1n) is 6.34. The molecule has 0 saturated heterocycles. The van der Waals surface area contributed by atoms with Crippen LogP contribution in [0.25, 0.3) is 10.2 Å². The van der Waals surface area contributed by atoms with Crippen molar-refractivity contribution < 1.29 is 0 Å². The Balaban J connectivity index is 1.88. The molecule has 0 amide bonds. The number of thiophene rings is 1. The molecule has 0 spiro atoms. The highest BCUT2D eigenvalue weighted by molar-refractivity contribution is 7.17. The molecule has 1 aliphatic rings. The number of pyridine rings is 1. The van der Waals surface area contributed by atoms with Crippen LogP contribution in [0.2, 0.25) is 0 Å². The largest absolute Gasteiger partial charge is 0.321 e. The second kappa shape index (κ2) is 4.30. The van der Waals surface area contributed by atoms with E-state index >= 15 is 0 Å². The number of nitrogens with one attached hydrogen (secondary N) is 1. The van der Waals surface area contributed by atoms with Gasteiger partial charge < -0.3 is 4.98 Å². The average molecular weight is 247 g/mol. The molecule has 1 aliphatic carbocycles. The highest BCUT2D eigenvalue weighted by Gasteiger charge is 2.20. The van der Waals surface area contributed by atoms with E-state index in [0.29, 0.717) is 0 Å². The van der Waals surface area contributed by atoms with Gasteiger partial charge in [0, 0.05) is 6.07 Å². The molecular weight excluding hydrogens is 230 g/mol. The van der Waals surface area contributed by atoms with E-state index in [4.69, 9.17) is 0 Å². The minimum atomic E-state index is 0.0421. The Morgan fingerprint density at radius 2 is 2.29 bits per heavy atom. The first kappa shape index (κ1) is 11.0. The summed E-state index contributed by atoms with van der Waals surface area (Å²) in [4.78, 5) is 14.6. The zero-order valence-corrected chi connectivity index (χ0v) is 10.9. The normalized spacial score (nSPS) is 15.6. The van der Waals surface area contributed by atoms with Crippen LogP contribution >= 0.6 is 11.3 Å². The lowest BCUT2D eigenvalue weighted by atomic mass is 10.1. The molecule has 3 heteroatoms. The molecule has 3 rings (SSSR count). The fraction of sp³-hybridized carbons (Fsp3) is 0.500. The van der Waals surface area contributed by atoms with Crippen molar-refractivity contribution in [1.29, 1.82) is 0 Å². The number of hydrogen-bond acceptors (Lipinski definition) is 2. The standard InChI is InChI=1S/C14H17NOS/c1-9-8-17-14-11(4-2-3-10-5-6-10)7-12(16)15-13(9)14/h7-8,10H,2-6H2,1H3,(H,15,16). The highest BCUT2D eigenvalue weighted by atomic mass is 32.1. The van der Waals surface area contributed by atoms with Crippen molar-refractivity contribution in [3.63, 3.8) is 0 Å². The maximum atomic E-state index is 11.6. The number of aromatic amines is 1. The molecule has 17 heavy (non-hydrogen) atoms. The third-order valence-corrected chi connectivity index (χ3v) is 4.75. The molecule has 0 aliphatic heterocycles. The van der Waals surface area contributed by atoms with Crippen molar-refractivity contribution in [1.82, 2.24) is 4.98 Å². The van der Waals surface area contributed by atoms with Crippen LogP contribution in [0.15, 0.2) is 16.2 Å². The quantitative estimate of drug-likeness (QED) is 0.879. The molecule has 90 valence electrons. The van der Waals surface area contributed by atoms with Gasteiger partial charge in [-0.3, -0.25) is 4.79 Å². The van der Waals surface area contributed by atoms with Crippen LogP contribution < -0.4 is 5.56 Å². The second-order valence-electron chi connectivity index (χ2n) is 5.12. The Morgan fingerprint density at radius 3 is 3.06 bits per heavy atom. The van der Waals surface area contributed by atoms with E-state index < -0.39 is 0 Å². The van der Waals surface area contributed by atoms with E-state index in [1.54, 1.807) is 17.4 Å². The van der Waals surface area contributed by atoms with E-state index in [1.807, 2.05) is 0 Å². The van der Waals surface area contributed by atoms with E-state index in [9.17, 15) is 4.79 Å². The van der Waals surface area contributed by atoms with Crippen LogP contribution in [-0.4, -0.2) is 4.98 Å². The maximum absolute atomic E-state index is 11.6. The lowest BCUT2D eigenvalue weighted by Gasteiger charge is -2.02. The number of aryl methyl sites for hydroxylation is 2. The Labute approximate surface area is 105 Å². The van der Waals surface area contributed by atoms with Gasteiger partial charge in [-0.25, -0.2) is 0 Å². The van der Waals surface area contributed by atoms with Gasteiger partial charge in [0.1, 0.15) is 0 Å². The first-order valence-corrected chi connectivity index (χ1v) is 7.22. The number of rotatable bonds is 4. The second-order valence-corrected chi connectivity index (χ2v) is 6.00. The molecule has 1 N–H and O–H groups in total. The number of hydrogen-bond donors (Lipinski definition) is 1. The van der Waals surface area contributed by atoms with Crippen LogP contribution in [0.3, 0.4) is 0 Å². The van der Waals surface area contributed by atoms with Gasteiger partial charge in [-0.05, 0) is 42.2 Å². The van der Waals surface area contributed by atoms with Gasteiger partial charge in [-0.2, -0.15) is 0 Å². The summed E-state index contributed by atoms with van der Waals surface area (Å²) in [6.45, 7) is 2.06. The smallest absolute Gasteiger partial charge is 0.248 e. The summed E-state index contributed by atoms with van der Waals surface area (Å²) < 4.78 is 1.28. The molecule has 0 bridgehead atoms. The maximum Gasteiger partial charge on any atom is 0.248 e. The lowest BCUT2D eigenvalue weighted by Crippen LogP contribution is -2.06. The van der Waals surface area contributed by atoms with E-state index in [-0.39, 0.29) is 5.56 Å². The van der Waals surface area contributed by atoms with Crippen LogP contribution in [0, 0.1) is 12.8 Å². The van der Waals surface area contributed by atoms with E-state index in [0.717, 1.165) is 17.9 Å². The average Bonchev–Trinajstić information content (AvgIpc) is 3.04. The zero-order valence-electron chi connectivity index (χ0n) is 10.1. The predicted molar refractivity (Wildman–Crippen MR) is 72.8 cm³/mol. The van der Waals surface area contributed by atoms with Crippen molar-refractivity contribution in [3.8, 4) is 0 Å². The molecule has 0 aromatic carbocycles. The molecule has 1 saturated carbocycles. The molecule has 1 fully saturated rings. The van der Waals surface area contributed by atoms with Crippen molar-refractivity contribution in [2.75, 3.05) is 0 Å². The first-order chi connectivity index (χ1) is 8.24. The predicted octanol–water partition coefficient (Wildman–Crippen LogP) is 3.63. The van der Waals surface area contributed by atoms with Gasteiger partial charge in [-0.1, -0.05) is 19.3 Å². The van der Waals surface area contributed by atoms with Crippen molar-refractivity contribution in [3.05, 3.63) is 32.9 Å². The minimum Gasteiger partial charge on any atom is -0.321 e.